The van der Waals surface area contributed by atoms with Crippen molar-refractivity contribution < 1.29 is 18.6 Å². The van der Waals surface area contributed by atoms with Crippen LogP contribution in [0.3, 0.4) is 0 Å². The van der Waals surface area contributed by atoms with Gasteiger partial charge in [-0.25, -0.2) is 4.39 Å². The molecule has 0 aliphatic carbocycles. The molecular weight excluding hydrogens is 487 g/mol. The molecule has 33 heavy (non-hydrogen) atoms. The molecule has 4 rings (SSSR count). The molecule has 5 nitrogen and oxygen atoms in total. The first-order valence-electron chi connectivity index (χ1n) is 10.9. The van der Waals surface area contributed by atoms with Crippen LogP contribution in [0.25, 0.3) is 0 Å². The number of morpholine rings is 1. The van der Waals surface area contributed by atoms with Crippen LogP contribution in [0.15, 0.2) is 70.1 Å². The van der Waals surface area contributed by atoms with Crippen LogP contribution in [0.2, 0.25) is 0 Å². The lowest BCUT2D eigenvalue weighted by atomic mass is 10.2. The van der Waals surface area contributed by atoms with Crippen molar-refractivity contribution in [3.8, 4) is 11.5 Å². The zero-order chi connectivity index (χ0) is 23.0. The molecule has 1 heterocycles. The van der Waals surface area contributed by atoms with Gasteiger partial charge in [-0.1, -0.05) is 12.1 Å². The van der Waals surface area contributed by atoms with Gasteiger partial charge in [0.1, 0.15) is 12.4 Å². The van der Waals surface area contributed by atoms with Gasteiger partial charge in [0.25, 0.3) is 0 Å². The Bertz CT molecular complexity index is 1080. The highest BCUT2D eigenvalue weighted by Crippen LogP contribution is 2.37. The number of benzene rings is 3. The SMILES string of the molecule is CCOc1cc(C=Nc2ccc(N3CCOCC3)cc2)cc(Br)c1OCc1ccc(F)cc1. The first-order chi connectivity index (χ1) is 16.1. The van der Waals surface area contributed by atoms with E-state index in [2.05, 4.69) is 38.0 Å². The predicted molar refractivity (Wildman–Crippen MR) is 133 cm³/mol. The Hall–Kier alpha value is -2.90. The van der Waals surface area contributed by atoms with Crippen LogP contribution in [-0.2, 0) is 11.3 Å². The molecule has 0 amide bonds. The Morgan fingerprint density at radius 1 is 1.03 bits per heavy atom. The second-order valence-electron chi connectivity index (χ2n) is 7.55. The average molecular weight is 513 g/mol. The van der Waals surface area contributed by atoms with E-state index in [1.54, 1.807) is 18.3 Å². The molecule has 0 unspecified atom stereocenters. The van der Waals surface area contributed by atoms with Crippen LogP contribution >= 0.6 is 15.9 Å². The first-order valence-corrected chi connectivity index (χ1v) is 11.7. The molecule has 1 aliphatic heterocycles. The lowest BCUT2D eigenvalue weighted by Gasteiger charge is -2.28. The molecule has 1 saturated heterocycles. The molecule has 1 aliphatic rings. The second kappa shape index (κ2) is 11.3. The molecule has 1 fully saturated rings. The lowest BCUT2D eigenvalue weighted by Crippen LogP contribution is -2.36. The van der Waals surface area contributed by atoms with Crippen molar-refractivity contribution in [3.63, 3.8) is 0 Å². The summed E-state index contributed by atoms with van der Waals surface area (Å²) in [6.45, 7) is 6.08. The van der Waals surface area contributed by atoms with E-state index < -0.39 is 0 Å². The number of halogens is 2. The van der Waals surface area contributed by atoms with Gasteiger partial charge in [-0.2, -0.15) is 0 Å². The predicted octanol–water partition coefficient (Wildman–Crippen LogP) is 6.15. The summed E-state index contributed by atoms with van der Waals surface area (Å²) >= 11 is 3.59. The summed E-state index contributed by atoms with van der Waals surface area (Å²) in [4.78, 5) is 6.93. The highest BCUT2D eigenvalue weighted by Gasteiger charge is 2.13. The number of anilines is 1. The molecule has 3 aromatic carbocycles. The van der Waals surface area contributed by atoms with Crippen molar-refractivity contribution in [3.05, 3.63) is 82.1 Å². The fraction of sp³-hybridized carbons (Fsp3) is 0.269. The maximum atomic E-state index is 13.1. The minimum absolute atomic E-state index is 0.269. The van der Waals surface area contributed by atoms with Crippen molar-refractivity contribution in [2.45, 2.75) is 13.5 Å². The summed E-state index contributed by atoms with van der Waals surface area (Å²) in [6, 6.07) is 18.3. The van der Waals surface area contributed by atoms with Gasteiger partial charge in [-0.05, 0) is 82.5 Å². The maximum Gasteiger partial charge on any atom is 0.175 e. The number of ether oxygens (including phenoxy) is 3. The Morgan fingerprint density at radius 2 is 1.76 bits per heavy atom. The largest absolute Gasteiger partial charge is 0.490 e. The zero-order valence-corrected chi connectivity index (χ0v) is 20.1. The minimum Gasteiger partial charge on any atom is -0.490 e. The monoisotopic (exact) mass is 512 g/mol. The maximum absolute atomic E-state index is 13.1. The standard InChI is InChI=1S/C26H26BrFN2O3/c1-2-32-25-16-20(15-24(27)26(25)33-18-19-3-5-21(28)6-4-19)17-29-22-7-9-23(10-8-22)30-11-13-31-14-12-30/h3-10,15-17H,2,11-14,18H2,1H3. The van der Waals surface area contributed by atoms with Crippen molar-refractivity contribution >= 4 is 33.5 Å². The summed E-state index contributed by atoms with van der Waals surface area (Å²) in [5, 5.41) is 0. The summed E-state index contributed by atoms with van der Waals surface area (Å²) in [5.74, 6) is 0.959. The van der Waals surface area contributed by atoms with E-state index in [0.717, 1.165) is 47.6 Å². The van der Waals surface area contributed by atoms with Crippen LogP contribution in [0.4, 0.5) is 15.8 Å². The normalized spacial score (nSPS) is 14.0. The van der Waals surface area contributed by atoms with E-state index in [-0.39, 0.29) is 5.82 Å². The molecule has 0 saturated carbocycles. The molecule has 7 heteroatoms. The molecular formula is C26H26BrFN2O3. The number of rotatable bonds is 8. The third kappa shape index (κ3) is 6.33. The van der Waals surface area contributed by atoms with Gasteiger partial charge < -0.3 is 19.1 Å². The zero-order valence-electron chi connectivity index (χ0n) is 18.5. The third-order valence-electron chi connectivity index (χ3n) is 5.22. The van der Waals surface area contributed by atoms with Crippen molar-refractivity contribution in [2.24, 2.45) is 4.99 Å². The van der Waals surface area contributed by atoms with Crippen LogP contribution in [0, 0.1) is 5.82 Å². The fourth-order valence-corrected chi connectivity index (χ4v) is 4.10. The van der Waals surface area contributed by atoms with Gasteiger partial charge in [-0.15, -0.1) is 0 Å². The number of nitrogens with zero attached hydrogens (tertiary/aromatic N) is 2. The molecule has 172 valence electrons. The Balaban J connectivity index is 1.47. The summed E-state index contributed by atoms with van der Waals surface area (Å²) in [5.41, 5.74) is 3.81. The van der Waals surface area contributed by atoms with Crippen LogP contribution in [0.1, 0.15) is 18.1 Å². The van der Waals surface area contributed by atoms with E-state index in [9.17, 15) is 4.39 Å². The molecule has 3 aromatic rings. The highest BCUT2D eigenvalue weighted by atomic mass is 79.9. The number of aliphatic imine (C=N–C) groups is 1. The van der Waals surface area contributed by atoms with Crippen LogP contribution in [0.5, 0.6) is 11.5 Å². The summed E-state index contributed by atoms with van der Waals surface area (Å²) < 4.78 is 31.1. The molecule has 0 bridgehead atoms. The molecule has 0 atom stereocenters. The van der Waals surface area contributed by atoms with Gasteiger partial charge in [-0.3, -0.25) is 4.99 Å². The minimum atomic E-state index is -0.269. The number of hydrogen-bond donors (Lipinski definition) is 0. The van der Waals surface area contributed by atoms with E-state index >= 15 is 0 Å². The second-order valence-corrected chi connectivity index (χ2v) is 8.41. The first kappa shape index (κ1) is 23.3. The topological polar surface area (TPSA) is 43.3 Å². The Kier molecular flexibility index (Phi) is 7.96. The van der Waals surface area contributed by atoms with Crippen molar-refractivity contribution in [1.29, 1.82) is 0 Å². The Morgan fingerprint density at radius 3 is 2.45 bits per heavy atom. The molecule has 0 spiro atoms. The van der Waals surface area contributed by atoms with E-state index in [1.165, 1.54) is 17.8 Å². The summed E-state index contributed by atoms with van der Waals surface area (Å²) in [7, 11) is 0. The average Bonchev–Trinajstić information content (AvgIpc) is 2.84. The van der Waals surface area contributed by atoms with Gasteiger partial charge in [0.05, 0.1) is 30.0 Å². The van der Waals surface area contributed by atoms with Crippen molar-refractivity contribution in [1.82, 2.24) is 0 Å². The quantitative estimate of drug-likeness (QED) is 0.339. The van der Waals surface area contributed by atoms with E-state index in [0.29, 0.717) is 24.7 Å². The number of hydrogen-bond acceptors (Lipinski definition) is 5. The van der Waals surface area contributed by atoms with Crippen LogP contribution in [-0.4, -0.2) is 39.1 Å². The lowest BCUT2D eigenvalue weighted by molar-refractivity contribution is 0.122. The molecule has 0 radical (unpaired) electrons. The van der Waals surface area contributed by atoms with Crippen LogP contribution < -0.4 is 14.4 Å². The Labute approximate surface area is 201 Å². The van der Waals surface area contributed by atoms with Gasteiger partial charge >= 0.3 is 0 Å². The van der Waals surface area contributed by atoms with Gasteiger partial charge in [0.2, 0.25) is 0 Å². The van der Waals surface area contributed by atoms with Crippen molar-refractivity contribution in [2.75, 3.05) is 37.8 Å². The molecule has 0 N–H and O–H groups in total. The third-order valence-corrected chi connectivity index (χ3v) is 5.81. The highest BCUT2D eigenvalue weighted by molar-refractivity contribution is 9.10. The fourth-order valence-electron chi connectivity index (χ4n) is 3.52. The smallest absolute Gasteiger partial charge is 0.175 e. The van der Waals surface area contributed by atoms with Gasteiger partial charge in [0, 0.05) is 25.0 Å². The molecule has 0 aromatic heterocycles. The van der Waals surface area contributed by atoms with E-state index in [1.807, 2.05) is 31.2 Å². The van der Waals surface area contributed by atoms with Gasteiger partial charge in [0.15, 0.2) is 11.5 Å². The summed E-state index contributed by atoms with van der Waals surface area (Å²) in [6.07, 6.45) is 1.81. The van der Waals surface area contributed by atoms with E-state index in [4.69, 9.17) is 14.2 Å².